The van der Waals surface area contributed by atoms with Crippen LogP contribution in [0.1, 0.15) is 18.3 Å². The molecule has 4 heterocycles. The lowest BCUT2D eigenvalue weighted by Gasteiger charge is -2.49. The van der Waals surface area contributed by atoms with E-state index in [1.807, 2.05) is 0 Å². The van der Waals surface area contributed by atoms with Crippen molar-refractivity contribution in [3.63, 3.8) is 0 Å². The molecular weight excluding hydrogens is 725 g/mol. The topological polar surface area (TPSA) is 325 Å². The van der Waals surface area contributed by atoms with Crippen LogP contribution in [0.5, 0.6) is 0 Å². The van der Waals surface area contributed by atoms with Crippen molar-refractivity contribution in [1.29, 1.82) is 0 Å². The summed E-state index contributed by atoms with van der Waals surface area (Å²) < 4.78 is 47.5. The van der Waals surface area contributed by atoms with E-state index in [4.69, 9.17) is 89.8 Å². The largest absolute Gasteiger partial charge is 0.394 e. The predicted octanol–water partition coefficient (Wildman–Crippen LogP) is -4.79. The Morgan fingerprint density at radius 3 is 1.94 bits per heavy atom. The van der Waals surface area contributed by atoms with Crippen LogP contribution in [0.25, 0.3) is 0 Å². The van der Waals surface area contributed by atoms with E-state index in [1.165, 1.54) is 0 Å². The Bertz CT molecular complexity index is 1310. The Balaban J connectivity index is 1.14. The van der Waals surface area contributed by atoms with Crippen LogP contribution < -0.4 is 28.7 Å². The van der Waals surface area contributed by atoms with Gasteiger partial charge in [-0.15, -0.1) is 0 Å². The molecule has 16 N–H and O–H groups in total. The van der Waals surface area contributed by atoms with Crippen molar-refractivity contribution in [2.24, 2.45) is 28.7 Å². The number of halogens is 2. The van der Waals surface area contributed by atoms with Crippen molar-refractivity contribution in [2.75, 3.05) is 19.8 Å². The van der Waals surface area contributed by atoms with Gasteiger partial charge in [0.2, 0.25) is 0 Å². The van der Waals surface area contributed by atoms with Crippen molar-refractivity contribution >= 4 is 23.2 Å². The summed E-state index contributed by atoms with van der Waals surface area (Å²) in [6, 6.07) is 0.628. The fourth-order valence-electron chi connectivity index (χ4n) is 7.09. The van der Waals surface area contributed by atoms with E-state index in [0.29, 0.717) is 15.6 Å². The van der Waals surface area contributed by atoms with Crippen LogP contribution in [-0.2, 0) is 37.9 Å². The second kappa shape index (κ2) is 16.4. The highest BCUT2D eigenvalue weighted by Crippen LogP contribution is 2.38. The number of hydrogen-bond acceptors (Lipinski definition) is 19. The summed E-state index contributed by atoms with van der Waals surface area (Å²) in [4.78, 5) is 0. The molecule has 4 aliphatic heterocycles. The molecule has 0 radical (unpaired) electrons. The first kappa shape index (κ1) is 39.7. The molecule has 4 saturated heterocycles. The lowest BCUT2D eigenvalue weighted by Crippen LogP contribution is -2.69. The normalized spacial score (nSPS) is 49.1. The molecule has 2 unspecified atom stereocenters. The summed E-state index contributed by atoms with van der Waals surface area (Å²) in [5, 5.41) is 65.1. The van der Waals surface area contributed by atoms with Gasteiger partial charge in [-0.25, -0.2) is 0 Å². The number of aliphatic hydroxyl groups is 6. The van der Waals surface area contributed by atoms with Gasteiger partial charge in [-0.1, -0.05) is 23.2 Å². The highest BCUT2D eigenvalue weighted by Gasteiger charge is 2.55. The van der Waals surface area contributed by atoms with Crippen molar-refractivity contribution in [3.8, 4) is 0 Å². The van der Waals surface area contributed by atoms with Crippen LogP contribution >= 0.6 is 23.2 Å². The highest BCUT2D eigenvalue weighted by molar-refractivity contribution is 6.34. The Hall–Kier alpha value is -0.960. The van der Waals surface area contributed by atoms with Crippen molar-refractivity contribution in [1.82, 2.24) is 0 Å². The van der Waals surface area contributed by atoms with Crippen LogP contribution in [0, 0.1) is 0 Å². The van der Waals surface area contributed by atoms with Gasteiger partial charge in [0.25, 0.3) is 0 Å². The third-order valence-electron chi connectivity index (χ3n) is 9.96. The molecule has 6 rings (SSSR count). The minimum Gasteiger partial charge on any atom is -0.394 e. The number of ether oxygens (including phenoxy) is 8. The summed E-state index contributed by atoms with van der Waals surface area (Å²) in [6.07, 6.45) is -20.0. The zero-order valence-electron chi connectivity index (χ0n) is 27.2. The lowest BCUT2D eigenvalue weighted by molar-refractivity contribution is -0.356. The number of aliphatic hydroxyl groups excluding tert-OH is 6. The Morgan fingerprint density at radius 2 is 1.27 bits per heavy atom. The molecule has 0 bridgehead atoms. The first-order valence-corrected chi connectivity index (χ1v) is 17.4. The average Bonchev–Trinajstić information content (AvgIpc) is 3.39. The molecule has 51 heavy (non-hydrogen) atoms. The van der Waals surface area contributed by atoms with Gasteiger partial charge in [0.1, 0.15) is 67.1 Å². The molecule has 290 valence electrons. The fourth-order valence-corrected chi connectivity index (χ4v) is 7.63. The number of benzene rings is 1. The number of nitrogens with two attached hydrogens (primary N) is 5. The number of rotatable bonds is 9. The molecule has 5 fully saturated rings. The molecule has 5 aliphatic rings. The van der Waals surface area contributed by atoms with E-state index in [9.17, 15) is 30.6 Å². The summed E-state index contributed by atoms with van der Waals surface area (Å²) in [6.45, 7) is -0.853. The van der Waals surface area contributed by atoms with Gasteiger partial charge in [-0.05, 0) is 24.6 Å². The number of fused-ring (bicyclic) bond motifs is 1. The van der Waals surface area contributed by atoms with Gasteiger partial charge < -0.3 is 97.2 Å². The zero-order chi connectivity index (χ0) is 36.9. The molecule has 0 spiro atoms. The summed E-state index contributed by atoms with van der Waals surface area (Å²) in [5.74, 6) is 0. The third-order valence-corrected chi connectivity index (χ3v) is 10.4. The van der Waals surface area contributed by atoms with E-state index in [2.05, 4.69) is 0 Å². The molecule has 0 aromatic heterocycles. The maximum absolute atomic E-state index is 11.3. The van der Waals surface area contributed by atoms with Gasteiger partial charge in [0.05, 0.1) is 31.4 Å². The van der Waals surface area contributed by atoms with E-state index in [0.717, 1.165) is 0 Å². The second-order valence-corrected chi connectivity index (χ2v) is 14.4. The minimum atomic E-state index is -1.62. The highest BCUT2D eigenvalue weighted by atomic mass is 35.5. The van der Waals surface area contributed by atoms with Gasteiger partial charge in [0.15, 0.2) is 25.2 Å². The molecule has 20 atom stereocenters. The van der Waals surface area contributed by atoms with Gasteiger partial charge in [0, 0.05) is 34.2 Å². The Labute approximate surface area is 302 Å². The SMILES string of the molecule is NCC1O[C@H](O[C@H]2[C@@H](O)[C@H](O[C@@H]3[C@@H](O)[C@H](N)C[C@H](N)[C@H]3O[C@H]3O[C@@H]4COC(c5cc(Cl)cc(Cl)c5)O[C@H]4[C@H](O)[C@H]3N)O[C@@H]2CO)[C@H](N)[C@@H](O)[C@@H]1O. The van der Waals surface area contributed by atoms with E-state index in [-0.39, 0.29) is 19.6 Å². The zero-order valence-corrected chi connectivity index (χ0v) is 28.7. The standard InChI is InChI=1S/C30H47Cl2N5O14/c31-9-1-8(2-10(32)3-9)27-44-7-15-25(49-27)21(42)17(37)29(47-15)48-23-12(35)4-11(34)18(39)26(23)51-30-22(43)24(14(6-38)46-30)50-28-16(36)20(41)19(40)13(5-33)45-28/h1-3,11-30,38-43H,4-7,33-37H2/t11-,12+,13?,14-,15-,16-,17-,18+,19-,20-,21-,22-,23-,24-,25-,26-,27?,28-,29-,30+/m1/s1. The van der Waals surface area contributed by atoms with Gasteiger partial charge in [-0.2, -0.15) is 0 Å². The van der Waals surface area contributed by atoms with E-state index in [1.54, 1.807) is 18.2 Å². The molecule has 21 heteroatoms. The van der Waals surface area contributed by atoms with Crippen LogP contribution in [0.3, 0.4) is 0 Å². The monoisotopic (exact) mass is 771 g/mol. The van der Waals surface area contributed by atoms with Crippen LogP contribution in [-0.4, -0.2) is 167 Å². The maximum Gasteiger partial charge on any atom is 0.187 e. The molecule has 1 aromatic carbocycles. The smallest absolute Gasteiger partial charge is 0.187 e. The molecule has 1 aliphatic carbocycles. The molecular formula is C30H47Cl2N5O14. The van der Waals surface area contributed by atoms with Gasteiger partial charge >= 0.3 is 0 Å². The Morgan fingerprint density at radius 1 is 0.667 bits per heavy atom. The van der Waals surface area contributed by atoms with Crippen molar-refractivity contribution in [2.45, 2.75) is 129 Å². The predicted molar refractivity (Wildman–Crippen MR) is 173 cm³/mol. The third kappa shape index (κ3) is 8.06. The van der Waals surface area contributed by atoms with E-state index < -0.39 is 129 Å². The van der Waals surface area contributed by atoms with Crippen molar-refractivity contribution in [3.05, 3.63) is 33.8 Å². The minimum absolute atomic E-state index is 0.0321. The first-order valence-electron chi connectivity index (χ1n) is 16.6. The van der Waals surface area contributed by atoms with Crippen molar-refractivity contribution < 1.29 is 68.5 Å². The molecule has 0 amide bonds. The van der Waals surface area contributed by atoms with Gasteiger partial charge in [-0.3, -0.25) is 0 Å². The quantitative estimate of drug-likeness (QED) is 0.112. The molecule has 1 saturated carbocycles. The average molecular weight is 773 g/mol. The van der Waals surface area contributed by atoms with Crippen LogP contribution in [0.15, 0.2) is 18.2 Å². The number of hydrogen-bond donors (Lipinski definition) is 11. The fraction of sp³-hybridized carbons (Fsp3) is 0.800. The first-order chi connectivity index (χ1) is 24.2. The summed E-state index contributed by atoms with van der Waals surface area (Å²) in [7, 11) is 0. The maximum atomic E-state index is 11.3. The summed E-state index contributed by atoms with van der Waals surface area (Å²) in [5.41, 5.74) is 31.3. The van der Waals surface area contributed by atoms with Crippen LogP contribution in [0.2, 0.25) is 10.0 Å². The molecule has 1 aromatic rings. The lowest BCUT2D eigenvalue weighted by atomic mass is 9.84. The Kier molecular flexibility index (Phi) is 12.8. The molecule has 19 nitrogen and oxygen atoms in total. The van der Waals surface area contributed by atoms with Crippen LogP contribution in [0.4, 0.5) is 0 Å². The second-order valence-electron chi connectivity index (χ2n) is 13.5. The van der Waals surface area contributed by atoms with E-state index >= 15 is 0 Å². The summed E-state index contributed by atoms with van der Waals surface area (Å²) >= 11 is 12.3.